The molecule has 0 amide bonds. The fourth-order valence-electron chi connectivity index (χ4n) is 10.5. The summed E-state index contributed by atoms with van der Waals surface area (Å²) >= 11 is 0. The average molecular weight is 765 g/mol. The molecule has 2 aliphatic rings. The third kappa shape index (κ3) is 6.77. The molecule has 0 aromatic heterocycles. The maximum atomic E-state index is 2.59. The van der Waals surface area contributed by atoms with Gasteiger partial charge in [-0.3, -0.25) is 0 Å². The van der Waals surface area contributed by atoms with Gasteiger partial charge in [0.25, 0.3) is 0 Å². The molecule has 8 rings (SSSR count). The first-order valence-corrected chi connectivity index (χ1v) is 22.3. The van der Waals surface area contributed by atoms with Gasteiger partial charge in [0, 0.05) is 39.5 Å². The van der Waals surface area contributed by atoms with Crippen LogP contribution in [0.25, 0.3) is 11.1 Å². The Balaban J connectivity index is 1.31. The molecule has 0 N–H and O–H groups in total. The third-order valence-electron chi connectivity index (χ3n) is 14.3. The average Bonchev–Trinajstić information content (AvgIpc) is 3.49. The van der Waals surface area contributed by atoms with E-state index in [2.05, 4.69) is 176 Å². The minimum absolute atomic E-state index is 0.0220. The number of hydrogen-bond acceptors (Lipinski definition) is 2. The summed E-state index contributed by atoms with van der Waals surface area (Å²) in [6.07, 6.45) is 10.3. The normalized spacial score (nSPS) is 14.1. The van der Waals surface area contributed by atoms with Gasteiger partial charge in [-0.15, -0.1) is 0 Å². The summed E-state index contributed by atoms with van der Waals surface area (Å²) in [6, 6.07) is 38.8. The molecule has 0 aliphatic heterocycles. The maximum absolute atomic E-state index is 2.59. The highest BCUT2D eigenvalue weighted by molar-refractivity contribution is 5.89. The van der Waals surface area contributed by atoms with Crippen LogP contribution in [-0.4, -0.2) is 0 Å². The molecule has 0 unspecified atom stereocenters. The highest BCUT2D eigenvalue weighted by Crippen LogP contribution is 2.58. The second-order valence-corrected chi connectivity index (χ2v) is 17.5. The van der Waals surface area contributed by atoms with Crippen LogP contribution >= 0.6 is 0 Å². The van der Waals surface area contributed by atoms with Gasteiger partial charge in [-0.05, 0) is 231 Å². The van der Waals surface area contributed by atoms with Crippen molar-refractivity contribution in [1.82, 2.24) is 0 Å². The second kappa shape index (κ2) is 15.9. The van der Waals surface area contributed by atoms with Crippen molar-refractivity contribution in [2.24, 2.45) is 0 Å². The van der Waals surface area contributed by atoms with Crippen LogP contribution in [0.5, 0.6) is 0 Å². The number of hydrogen-bond donors (Lipinski definition) is 0. The fraction of sp³-hybridized carbons (Fsp3) is 0.357. The Morgan fingerprint density at radius 1 is 0.379 bits per heavy atom. The molecule has 298 valence electrons. The van der Waals surface area contributed by atoms with Gasteiger partial charge < -0.3 is 9.80 Å². The number of rotatable bonds is 10. The molecule has 2 heteroatoms. The minimum atomic E-state index is -0.0220. The maximum Gasteiger partial charge on any atom is 0.0467 e. The van der Waals surface area contributed by atoms with Crippen LogP contribution in [0.4, 0.5) is 34.1 Å². The number of nitrogens with zero attached hydrogens (tertiary/aromatic N) is 2. The highest BCUT2D eigenvalue weighted by atomic mass is 15.1. The minimum Gasteiger partial charge on any atom is -0.310 e. The van der Waals surface area contributed by atoms with Gasteiger partial charge in [0.1, 0.15) is 0 Å². The van der Waals surface area contributed by atoms with Gasteiger partial charge in [0.05, 0.1) is 0 Å². The molecule has 6 aromatic carbocycles. The molecular weight excluding hydrogens is 701 g/mol. The molecule has 58 heavy (non-hydrogen) atoms. The lowest BCUT2D eigenvalue weighted by Gasteiger charge is -2.37. The van der Waals surface area contributed by atoms with E-state index in [1.165, 1.54) is 144 Å². The fourth-order valence-corrected chi connectivity index (χ4v) is 10.5. The Morgan fingerprint density at radius 3 is 1.09 bits per heavy atom. The monoisotopic (exact) mass is 765 g/mol. The molecule has 0 heterocycles. The molecule has 2 aliphatic carbocycles. The molecule has 0 saturated heterocycles. The van der Waals surface area contributed by atoms with Crippen LogP contribution in [0, 0.1) is 41.5 Å². The number of anilines is 6. The molecule has 1 saturated carbocycles. The molecular formula is C56H64N2. The van der Waals surface area contributed by atoms with Crippen molar-refractivity contribution in [3.05, 3.63) is 164 Å². The predicted octanol–water partition coefficient (Wildman–Crippen LogP) is 16.0. The van der Waals surface area contributed by atoms with Gasteiger partial charge in [0.2, 0.25) is 0 Å². The summed E-state index contributed by atoms with van der Waals surface area (Å²) in [6.45, 7) is 22.7. The van der Waals surface area contributed by atoms with Gasteiger partial charge in [0.15, 0.2) is 0 Å². The Hall–Kier alpha value is -5.08. The Bertz CT molecular complexity index is 2300. The predicted molar refractivity (Wildman–Crippen MR) is 251 cm³/mol. The zero-order valence-corrected chi connectivity index (χ0v) is 37.0. The van der Waals surface area contributed by atoms with E-state index in [1.54, 1.807) is 0 Å². The van der Waals surface area contributed by atoms with E-state index in [1.807, 2.05) is 0 Å². The lowest BCUT2D eigenvalue weighted by molar-refractivity contribution is 0.353. The van der Waals surface area contributed by atoms with Crippen LogP contribution in [0.1, 0.15) is 127 Å². The summed E-state index contributed by atoms with van der Waals surface area (Å²) in [4.78, 5) is 5.08. The molecule has 2 nitrogen and oxygen atoms in total. The number of aryl methyl sites for hydroxylation is 8. The van der Waals surface area contributed by atoms with Gasteiger partial charge in [-0.25, -0.2) is 0 Å². The van der Waals surface area contributed by atoms with Crippen molar-refractivity contribution in [2.75, 3.05) is 9.80 Å². The van der Waals surface area contributed by atoms with E-state index in [4.69, 9.17) is 0 Å². The highest BCUT2D eigenvalue weighted by Gasteiger charge is 2.44. The number of fused-ring (bicyclic) bond motifs is 5. The summed E-state index contributed by atoms with van der Waals surface area (Å²) in [5, 5.41) is 0. The van der Waals surface area contributed by atoms with E-state index in [0.29, 0.717) is 0 Å². The molecule has 0 radical (unpaired) electrons. The molecule has 6 aromatic rings. The van der Waals surface area contributed by atoms with Crippen molar-refractivity contribution < 1.29 is 0 Å². The summed E-state index contributed by atoms with van der Waals surface area (Å²) < 4.78 is 0. The van der Waals surface area contributed by atoms with Crippen LogP contribution in [0.3, 0.4) is 0 Å². The van der Waals surface area contributed by atoms with E-state index in [-0.39, 0.29) is 5.41 Å². The van der Waals surface area contributed by atoms with Gasteiger partial charge in [-0.1, -0.05) is 71.2 Å². The lowest BCUT2D eigenvalue weighted by atomic mass is 9.67. The Kier molecular flexibility index (Phi) is 10.9. The first-order chi connectivity index (χ1) is 28.0. The largest absolute Gasteiger partial charge is 0.310 e. The second-order valence-electron chi connectivity index (χ2n) is 17.5. The van der Waals surface area contributed by atoms with E-state index < -0.39 is 0 Å². The van der Waals surface area contributed by atoms with Crippen molar-refractivity contribution in [1.29, 1.82) is 0 Å². The van der Waals surface area contributed by atoms with Crippen LogP contribution in [0.2, 0.25) is 0 Å². The lowest BCUT2D eigenvalue weighted by Crippen LogP contribution is -2.28. The molecule has 1 spiro atoms. The summed E-state index contributed by atoms with van der Waals surface area (Å²) in [7, 11) is 0. The van der Waals surface area contributed by atoms with Crippen molar-refractivity contribution in [2.45, 2.75) is 132 Å². The topological polar surface area (TPSA) is 6.48 Å². The van der Waals surface area contributed by atoms with Crippen LogP contribution < -0.4 is 9.80 Å². The van der Waals surface area contributed by atoms with Gasteiger partial charge >= 0.3 is 0 Å². The quantitative estimate of drug-likeness (QED) is 0.137. The standard InChI is InChI=1S/C56H64N2/c1-11-42-18-20-46(32-44(42)13-3)57(50-28-36(5)40(9)37(6)29-50)48-22-24-52-53-25-23-49(35-55(53)56(54(52)34-48)26-16-15-17-27-56)58(51-30-38(7)41(10)39(8)31-51)47-21-19-43(12-2)45(14-4)33-47/h18-25,28-35H,11-17,26-27H2,1-10H3. The van der Waals surface area contributed by atoms with Crippen molar-refractivity contribution in [3.8, 4) is 11.1 Å². The van der Waals surface area contributed by atoms with Gasteiger partial charge in [-0.2, -0.15) is 0 Å². The molecule has 0 atom stereocenters. The van der Waals surface area contributed by atoms with E-state index in [9.17, 15) is 0 Å². The van der Waals surface area contributed by atoms with Crippen LogP contribution in [0.15, 0.2) is 97.1 Å². The van der Waals surface area contributed by atoms with Crippen molar-refractivity contribution in [3.63, 3.8) is 0 Å². The van der Waals surface area contributed by atoms with E-state index in [0.717, 1.165) is 25.7 Å². The third-order valence-corrected chi connectivity index (χ3v) is 14.3. The first-order valence-electron chi connectivity index (χ1n) is 22.3. The van der Waals surface area contributed by atoms with E-state index >= 15 is 0 Å². The zero-order chi connectivity index (χ0) is 40.9. The number of benzene rings is 6. The molecule has 1 fully saturated rings. The summed E-state index contributed by atoms with van der Waals surface area (Å²) in [5.74, 6) is 0. The molecule has 0 bridgehead atoms. The smallest absolute Gasteiger partial charge is 0.0467 e. The summed E-state index contributed by atoms with van der Waals surface area (Å²) in [5.41, 5.74) is 27.2. The Morgan fingerprint density at radius 2 is 0.724 bits per heavy atom. The SMILES string of the molecule is CCc1ccc(N(c2cc(C)c(C)c(C)c2)c2ccc3c(c2)C2(CCCCC2)c2cc(N(c4cc(C)c(C)c(C)c4)c4ccc(CC)c(CC)c4)ccc2-3)cc1CC. The van der Waals surface area contributed by atoms with Crippen LogP contribution in [-0.2, 0) is 31.1 Å². The first kappa shape index (κ1) is 39.7. The Labute approximate surface area is 350 Å². The van der Waals surface area contributed by atoms with Crippen molar-refractivity contribution >= 4 is 34.1 Å². The zero-order valence-electron chi connectivity index (χ0n) is 37.0.